The van der Waals surface area contributed by atoms with Crippen LogP contribution in [-0.2, 0) is 24.2 Å². The van der Waals surface area contributed by atoms with E-state index in [2.05, 4.69) is 9.97 Å². The molecule has 2 aliphatic rings. The highest BCUT2D eigenvalue weighted by Crippen LogP contribution is 2.20. The molecule has 0 radical (unpaired) electrons. The van der Waals surface area contributed by atoms with Gasteiger partial charge in [-0.1, -0.05) is 13.8 Å². The van der Waals surface area contributed by atoms with Gasteiger partial charge in [0.1, 0.15) is 5.75 Å². The number of nitrogens with one attached hydrogen (secondary N) is 2. The largest absolute Gasteiger partial charge is 0.493 e. The lowest BCUT2D eigenvalue weighted by Gasteiger charge is -2.16. The van der Waals surface area contributed by atoms with Gasteiger partial charge in [-0.2, -0.15) is 0 Å². The summed E-state index contributed by atoms with van der Waals surface area (Å²) in [7, 11) is 0. The van der Waals surface area contributed by atoms with E-state index in [-0.39, 0.29) is 11.1 Å². The molecule has 0 spiro atoms. The molecule has 0 bridgehead atoms. The summed E-state index contributed by atoms with van der Waals surface area (Å²) >= 11 is 0. The second kappa shape index (κ2) is 9.38. The number of pyridine rings is 2. The minimum absolute atomic E-state index is 0.00435. The van der Waals surface area contributed by atoms with E-state index in [0.29, 0.717) is 6.61 Å². The lowest BCUT2D eigenvalue weighted by molar-refractivity contribution is 0.109. The van der Waals surface area contributed by atoms with Crippen LogP contribution in [0.15, 0.2) is 21.7 Å². The molecule has 0 unspecified atom stereocenters. The van der Waals surface area contributed by atoms with E-state index in [1.807, 2.05) is 39.8 Å². The van der Waals surface area contributed by atoms with E-state index in [1.165, 1.54) is 0 Å². The first kappa shape index (κ1) is 20.0. The van der Waals surface area contributed by atoms with Crippen molar-refractivity contribution in [2.45, 2.75) is 53.6 Å². The van der Waals surface area contributed by atoms with Crippen LogP contribution in [0.5, 0.6) is 5.75 Å². The summed E-state index contributed by atoms with van der Waals surface area (Å²) in [4.78, 5) is 28.2. The number of hydrogen-bond donors (Lipinski definition) is 2. The predicted octanol–water partition coefficient (Wildman–Crippen LogP) is 2.79. The van der Waals surface area contributed by atoms with Crippen LogP contribution in [-0.4, -0.2) is 23.2 Å². The molecule has 0 saturated heterocycles. The lowest BCUT2D eigenvalue weighted by Crippen LogP contribution is -2.22. The smallest absolute Gasteiger partial charge is 0.255 e. The molecule has 2 aromatic heterocycles. The Balaban J connectivity index is 0.000000171. The van der Waals surface area contributed by atoms with Crippen LogP contribution in [0.1, 0.15) is 48.3 Å². The van der Waals surface area contributed by atoms with Gasteiger partial charge < -0.3 is 19.4 Å². The van der Waals surface area contributed by atoms with Gasteiger partial charge in [0.15, 0.2) is 0 Å². The Morgan fingerprint density at radius 1 is 0.885 bits per heavy atom. The molecule has 4 heterocycles. The summed E-state index contributed by atoms with van der Waals surface area (Å²) < 4.78 is 10.6. The van der Waals surface area contributed by atoms with E-state index in [0.717, 1.165) is 66.3 Å². The van der Waals surface area contributed by atoms with Crippen LogP contribution in [0.2, 0.25) is 0 Å². The van der Waals surface area contributed by atoms with Gasteiger partial charge in [-0.15, -0.1) is 0 Å². The van der Waals surface area contributed by atoms with Crippen molar-refractivity contribution in [3.8, 4) is 5.75 Å². The fourth-order valence-electron chi connectivity index (χ4n) is 3.01. The third kappa shape index (κ3) is 4.85. The Kier molecular flexibility index (Phi) is 7.21. The Bertz CT molecular complexity index is 780. The van der Waals surface area contributed by atoms with E-state index < -0.39 is 0 Å². The molecule has 6 nitrogen and oxygen atoms in total. The van der Waals surface area contributed by atoms with Crippen LogP contribution < -0.4 is 15.9 Å². The van der Waals surface area contributed by atoms with E-state index in [1.54, 1.807) is 0 Å². The quantitative estimate of drug-likeness (QED) is 0.757. The van der Waals surface area contributed by atoms with Gasteiger partial charge >= 0.3 is 0 Å². The van der Waals surface area contributed by atoms with Crippen LogP contribution in [0.4, 0.5) is 0 Å². The number of ether oxygens (including phenoxy) is 2. The second-order valence-corrected chi connectivity index (χ2v) is 6.16. The molecule has 0 aliphatic carbocycles. The van der Waals surface area contributed by atoms with Gasteiger partial charge in [0, 0.05) is 17.0 Å². The van der Waals surface area contributed by atoms with Crippen molar-refractivity contribution >= 4 is 0 Å². The second-order valence-electron chi connectivity index (χ2n) is 6.16. The van der Waals surface area contributed by atoms with Crippen molar-refractivity contribution in [1.82, 2.24) is 9.97 Å². The molecule has 2 aliphatic heterocycles. The molecular formula is C20H28N2O4. The van der Waals surface area contributed by atoms with Crippen LogP contribution >= 0.6 is 0 Å². The summed E-state index contributed by atoms with van der Waals surface area (Å²) in [6.45, 7) is 9.69. The van der Waals surface area contributed by atoms with Crippen molar-refractivity contribution in [3.63, 3.8) is 0 Å². The zero-order chi connectivity index (χ0) is 19.1. The van der Waals surface area contributed by atoms with E-state index in [4.69, 9.17) is 9.47 Å². The normalized spacial score (nSPS) is 14.5. The molecule has 2 N–H and O–H groups in total. The number of rotatable bonds is 0. The number of fused-ring (bicyclic) bond motifs is 2. The summed E-state index contributed by atoms with van der Waals surface area (Å²) in [6.07, 6.45) is 2.64. The van der Waals surface area contributed by atoms with Gasteiger partial charge in [-0.25, -0.2) is 0 Å². The fourth-order valence-corrected chi connectivity index (χ4v) is 3.01. The molecule has 26 heavy (non-hydrogen) atoms. The summed E-state index contributed by atoms with van der Waals surface area (Å²) in [6, 6.07) is 3.91. The maximum atomic E-state index is 11.3. The van der Waals surface area contributed by atoms with Gasteiger partial charge in [0.05, 0.1) is 25.4 Å². The topological polar surface area (TPSA) is 84.2 Å². The Morgan fingerprint density at radius 3 is 2.27 bits per heavy atom. The van der Waals surface area contributed by atoms with Gasteiger partial charge in [0.25, 0.3) is 11.1 Å². The number of aryl methyl sites for hydroxylation is 2. The minimum atomic E-state index is 0.00435. The fraction of sp³-hybridized carbons (Fsp3) is 0.500. The molecule has 2 aromatic rings. The Labute approximate surface area is 153 Å². The highest BCUT2D eigenvalue weighted by Gasteiger charge is 2.14. The average molecular weight is 360 g/mol. The Morgan fingerprint density at radius 2 is 1.54 bits per heavy atom. The van der Waals surface area contributed by atoms with Crippen molar-refractivity contribution in [3.05, 3.63) is 60.9 Å². The average Bonchev–Trinajstić information content (AvgIpc) is 2.64. The molecule has 4 rings (SSSR count). The van der Waals surface area contributed by atoms with Gasteiger partial charge in [-0.3, -0.25) is 9.59 Å². The van der Waals surface area contributed by atoms with Crippen LogP contribution in [0, 0.1) is 13.8 Å². The third-order valence-electron chi connectivity index (χ3n) is 4.18. The number of H-pyrrole nitrogens is 2. The standard InChI is InChI=1S/2C9H11NO2.C2H6/c1-6-4-7-2-3-12-5-8(7)9(11)10-6;1-6-5-8-7(9(11)10-6)3-2-4-12-8;1-2/h4H,2-3,5H2,1H3,(H,10,11);5H,2-4H2,1H3,(H,10,11);1-2H3. The molecule has 0 saturated carbocycles. The summed E-state index contributed by atoms with van der Waals surface area (Å²) in [5.41, 5.74) is 4.54. The zero-order valence-corrected chi connectivity index (χ0v) is 16.0. The minimum Gasteiger partial charge on any atom is -0.493 e. The molecule has 142 valence electrons. The SMILES string of the molecule is CC.Cc1cc2c(c(=O)[nH]1)CCCO2.Cc1cc2c(c(=O)[nH]1)COCC2. The Hall–Kier alpha value is -2.34. The van der Waals surface area contributed by atoms with E-state index in [9.17, 15) is 9.59 Å². The van der Waals surface area contributed by atoms with Crippen molar-refractivity contribution in [2.24, 2.45) is 0 Å². The third-order valence-corrected chi connectivity index (χ3v) is 4.18. The monoisotopic (exact) mass is 360 g/mol. The first-order valence-corrected chi connectivity index (χ1v) is 9.19. The van der Waals surface area contributed by atoms with Crippen molar-refractivity contribution in [1.29, 1.82) is 0 Å². The van der Waals surface area contributed by atoms with Gasteiger partial charge in [-0.05, 0) is 50.8 Å². The van der Waals surface area contributed by atoms with Crippen molar-refractivity contribution in [2.75, 3.05) is 13.2 Å². The molecule has 0 fully saturated rings. The first-order valence-electron chi connectivity index (χ1n) is 9.19. The maximum absolute atomic E-state index is 11.3. The number of hydrogen-bond acceptors (Lipinski definition) is 4. The van der Waals surface area contributed by atoms with Crippen LogP contribution in [0.25, 0.3) is 0 Å². The number of aromatic amines is 2. The van der Waals surface area contributed by atoms with E-state index >= 15 is 0 Å². The summed E-state index contributed by atoms with van der Waals surface area (Å²) in [5, 5.41) is 0. The van der Waals surface area contributed by atoms with Gasteiger partial charge in [0.2, 0.25) is 0 Å². The highest BCUT2D eigenvalue weighted by atomic mass is 16.5. The summed E-state index contributed by atoms with van der Waals surface area (Å²) in [5.74, 6) is 0.766. The molecular weight excluding hydrogens is 332 g/mol. The van der Waals surface area contributed by atoms with Crippen LogP contribution in [0.3, 0.4) is 0 Å². The number of aromatic nitrogens is 2. The predicted molar refractivity (Wildman–Crippen MR) is 102 cm³/mol. The molecule has 0 amide bonds. The highest BCUT2D eigenvalue weighted by molar-refractivity contribution is 5.34. The molecule has 0 atom stereocenters. The molecule has 6 heteroatoms. The molecule has 0 aromatic carbocycles. The zero-order valence-electron chi connectivity index (χ0n) is 16.0. The first-order chi connectivity index (χ1) is 12.5. The lowest BCUT2D eigenvalue weighted by atomic mass is 10.1. The van der Waals surface area contributed by atoms with Crippen molar-refractivity contribution < 1.29 is 9.47 Å². The maximum Gasteiger partial charge on any atom is 0.255 e.